The third-order valence-electron chi connectivity index (χ3n) is 5.90. The first-order valence-electron chi connectivity index (χ1n) is 8.89. The lowest BCUT2D eigenvalue weighted by atomic mass is 9.78. The number of carbonyl (C=O) groups is 2. The first kappa shape index (κ1) is 15.4. The second-order valence-electron chi connectivity index (χ2n) is 7.09. The van der Waals surface area contributed by atoms with Gasteiger partial charge in [-0.2, -0.15) is 5.21 Å². The van der Waals surface area contributed by atoms with Gasteiger partial charge in [0.1, 0.15) is 5.54 Å². The molecule has 0 aliphatic carbocycles. The normalized spacial score (nSPS) is 29.6. The van der Waals surface area contributed by atoms with Crippen LogP contribution in [0.2, 0.25) is 0 Å². The molecular formula is C17H19N7O2. The van der Waals surface area contributed by atoms with Crippen molar-refractivity contribution in [1.82, 2.24) is 30.8 Å². The number of nitrogens with one attached hydrogen (secondary N) is 3. The molecule has 1 aromatic carbocycles. The quantitative estimate of drug-likeness (QED) is 0.723. The van der Waals surface area contributed by atoms with Gasteiger partial charge in [0.15, 0.2) is 5.82 Å². The van der Waals surface area contributed by atoms with Crippen molar-refractivity contribution in [3.63, 3.8) is 0 Å². The summed E-state index contributed by atoms with van der Waals surface area (Å²) < 4.78 is 0. The topological polar surface area (TPSA) is 116 Å². The molecule has 0 saturated carbocycles. The Kier molecular flexibility index (Phi) is 3.33. The summed E-state index contributed by atoms with van der Waals surface area (Å²) in [6.07, 6.45) is 2.75. The van der Waals surface area contributed by atoms with Gasteiger partial charge in [-0.05, 0) is 31.9 Å². The highest BCUT2D eigenvalue weighted by Gasteiger charge is 2.65. The summed E-state index contributed by atoms with van der Waals surface area (Å²) in [5, 5.41) is 19.5. The zero-order valence-corrected chi connectivity index (χ0v) is 14.1. The number of aromatic nitrogens is 4. The van der Waals surface area contributed by atoms with Crippen LogP contribution in [0.4, 0.5) is 5.69 Å². The number of amides is 2. The van der Waals surface area contributed by atoms with Gasteiger partial charge < -0.3 is 10.6 Å². The molecule has 2 fully saturated rings. The number of hydrogen-bond donors (Lipinski definition) is 3. The Balaban J connectivity index is 1.52. The summed E-state index contributed by atoms with van der Waals surface area (Å²) in [7, 11) is 0. The van der Waals surface area contributed by atoms with Gasteiger partial charge in [-0.3, -0.25) is 14.5 Å². The van der Waals surface area contributed by atoms with Gasteiger partial charge in [0.2, 0.25) is 11.8 Å². The Morgan fingerprint density at radius 2 is 2.27 bits per heavy atom. The first-order valence-corrected chi connectivity index (χ1v) is 8.89. The first-order chi connectivity index (χ1) is 12.7. The van der Waals surface area contributed by atoms with E-state index in [1.165, 1.54) is 0 Å². The summed E-state index contributed by atoms with van der Waals surface area (Å²) in [6, 6.07) is 7.96. The van der Waals surface area contributed by atoms with Crippen molar-refractivity contribution < 1.29 is 9.59 Å². The van der Waals surface area contributed by atoms with Crippen LogP contribution >= 0.6 is 0 Å². The van der Waals surface area contributed by atoms with Crippen molar-refractivity contribution in [2.24, 2.45) is 5.92 Å². The maximum Gasteiger partial charge on any atom is 0.250 e. The second kappa shape index (κ2) is 5.60. The van der Waals surface area contributed by atoms with Crippen LogP contribution in [-0.4, -0.2) is 49.9 Å². The van der Waals surface area contributed by atoms with Crippen LogP contribution in [-0.2, 0) is 21.7 Å². The van der Waals surface area contributed by atoms with Crippen LogP contribution in [0.15, 0.2) is 24.3 Å². The predicted octanol–water partition coefficient (Wildman–Crippen LogP) is 0.148. The van der Waals surface area contributed by atoms with Gasteiger partial charge in [-0.1, -0.05) is 23.4 Å². The number of aromatic amines is 1. The fourth-order valence-corrected chi connectivity index (χ4v) is 4.93. The molecular weight excluding hydrogens is 334 g/mol. The molecule has 2 aromatic rings. The molecule has 4 heterocycles. The molecule has 1 spiro atoms. The molecule has 134 valence electrons. The van der Waals surface area contributed by atoms with E-state index in [0.717, 1.165) is 30.6 Å². The molecule has 3 N–H and O–H groups in total. The van der Waals surface area contributed by atoms with Crippen molar-refractivity contribution in [2.75, 3.05) is 11.9 Å². The van der Waals surface area contributed by atoms with Crippen LogP contribution < -0.4 is 10.6 Å². The predicted molar refractivity (Wildman–Crippen MR) is 90.6 cm³/mol. The zero-order valence-electron chi connectivity index (χ0n) is 14.1. The standard InChI is InChI=1S/C17H19N7O2/c25-15(18-9-14-20-22-23-21-14)12-8-10-4-3-7-24(10)17(12)11-5-1-2-6-13(11)19-16(17)26/h1-2,5-6,10,12H,3-4,7-9H2,(H,18,25)(H,19,26)(H,20,21,22,23)/t10-,12-,17+/m1/s1. The third-order valence-corrected chi connectivity index (χ3v) is 5.90. The Bertz CT molecular complexity index is 868. The number of hydrogen-bond acceptors (Lipinski definition) is 6. The lowest BCUT2D eigenvalue weighted by Crippen LogP contribution is -2.54. The van der Waals surface area contributed by atoms with Crippen molar-refractivity contribution in [3.05, 3.63) is 35.7 Å². The molecule has 1 aromatic heterocycles. The van der Waals surface area contributed by atoms with Crippen molar-refractivity contribution in [1.29, 1.82) is 0 Å². The lowest BCUT2D eigenvalue weighted by molar-refractivity contribution is -0.137. The van der Waals surface area contributed by atoms with E-state index >= 15 is 0 Å². The summed E-state index contributed by atoms with van der Waals surface area (Å²) in [4.78, 5) is 28.5. The number of carbonyl (C=O) groups excluding carboxylic acids is 2. The average Bonchev–Trinajstić information content (AvgIpc) is 3.39. The van der Waals surface area contributed by atoms with Crippen molar-refractivity contribution >= 4 is 17.5 Å². The Morgan fingerprint density at radius 3 is 3.12 bits per heavy atom. The minimum absolute atomic E-state index is 0.0946. The molecule has 5 rings (SSSR count). The largest absolute Gasteiger partial charge is 0.348 e. The highest BCUT2D eigenvalue weighted by molar-refractivity contribution is 6.09. The molecule has 2 amide bonds. The van der Waals surface area contributed by atoms with E-state index in [1.54, 1.807) is 0 Å². The molecule has 26 heavy (non-hydrogen) atoms. The fraction of sp³-hybridized carbons (Fsp3) is 0.471. The zero-order chi connectivity index (χ0) is 17.7. The Labute approximate surface area is 149 Å². The van der Waals surface area contributed by atoms with E-state index in [0.29, 0.717) is 12.2 Å². The lowest BCUT2D eigenvalue weighted by Gasteiger charge is -2.36. The van der Waals surface area contributed by atoms with E-state index in [4.69, 9.17) is 0 Å². The van der Waals surface area contributed by atoms with E-state index in [9.17, 15) is 9.59 Å². The van der Waals surface area contributed by atoms with Gasteiger partial charge in [0, 0.05) is 17.3 Å². The number of tetrazole rings is 1. The van der Waals surface area contributed by atoms with Crippen molar-refractivity contribution in [2.45, 2.75) is 37.4 Å². The molecule has 0 radical (unpaired) electrons. The summed E-state index contributed by atoms with van der Waals surface area (Å²) in [6.45, 7) is 1.02. The number of para-hydroxylation sites is 1. The minimum atomic E-state index is -0.918. The van der Waals surface area contributed by atoms with Crippen LogP contribution in [0, 0.1) is 5.92 Å². The fourth-order valence-electron chi connectivity index (χ4n) is 4.93. The van der Waals surface area contributed by atoms with Crippen LogP contribution in [0.3, 0.4) is 0 Å². The number of benzene rings is 1. The number of fused-ring (bicyclic) bond motifs is 4. The molecule has 3 aliphatic rings. The highest BCUT2D eigenvalue weighted by atomic mass is 16.2. The molecule has 2 saturated heterocycles. The monoisotopic (exact) mass is 353 g/mol. The van der Waals surface area contributed by atoms with Gasteiger partial charge in [-0.25, -0.2) is 0 Å². The van der Waals surface area contributed by atoms with E-state index in [-0.39, 0.29) is 24.4 Å². The van der Waals surface area contributed by atoms with Crippen LogP contribution in [0.5, 0.6) is 0 Å². The average molecular weight is 353 g/mol. The van der Waals surface area contributed by atoms with E-state index < -0.39 is 11.5 Å². The van der Waals surface area contributed by atoms with E-state index in [2.05, 4.69) is 36.2 Å². The minimum Gasteiger partial charge on any atom is -0.348 e. The van der Waals surface area contributed by atoms with Gasteiger partial charge in [-0.15, -0.1) is 10.2 Å². The number of rotatable bonds is 3. The molecule has 0 unspecified atom stereocenters. The van der Waals surface area contributed by atoms with Crippen LogP contribution in [0.1, 0.15) is 30.7 Å². The SMILES string of the molecule is O=C(NCc1nn[nH]n1)[C@H]1C[C@H]2CCCN2[C@]12C(=O)Nc1ccccc12. The smallest absolute Gasteiger partial charge is 0.250 e. The Morgan fingerprint density at radius 1 is 1.38 bits per heavy atom. The molecule has 9 nitrogen and oxygen atoms in total. The third kappa shape index (κ3) is 1.97. The summed E-state index contributed by atoms with van der Waals surface area (Å²) in [5.41, 5.74) is 0.800. The van der Waals surface area contributed by atoms with Crippen molar-refractivity contribution in [3.8, 4) is 0 Å². The van der Waals surface area contributed by atoms with Gasteiger partial charge >= 0.3 is 0 Å². The number of anilines is 1. The maximum absolute atomic E-state index is 13.2. The second-order valence-corrected chi connectivity index (χ2v) is 7.09. The summed E-state index contributed by atoms with van der Waals surface area (Å²) in [5.74, 6) is -0.260. The van der Waals surface area contributed by atoms with Gasteiger partial charge in [0.05, 0.1) is 12.5 Å². The molecule has 3 atom stereocenters. The Hall–Kier alpha value is -2.81. The maximum atomic E-state index is 13.2. The molecule has 9 heteroatoms. The summed E-state index contributed by atoms with van der Waals surface area (Å²) >= 11 is 0. The van der Waals surface area contributed by atoms with Gasteiger partial charge in [0.25, 0.3) is 0 Å². The molecule has 0 bridgehead atoms. The number of nitrogens with zero attached hydrogens (tertiary/aromatic N) is 4. The van der Waals surface area contributed by atoms with Crippen LogP contribution in [0.25, 0.3) is 0 Å². The van der Waals surface area contributed by atoms with E-state index in [1.807, 2.05) is 24.3 Å². The molecule has 3 aliphatic heterocycles. The number of H-pyrrole nitrogens is 1. The highest BCUT2D eigenvalue weighted by Crippen LogP contribution is 2.55.